The van der Waals surface area contributed by atoms with Crippen molar-refractivity contribution in [1.82, 2.24) is 5.32 Å². The Bertz CT molecular complexity index is 1800. The van der Waals surface area contributed by atoms with E-state index in [1.807, 2.05) is 25.1 Å². The Morgan fingerprint density at radius 3 is 2.19 bits per heavy atom. The first-order valence-corrected chi connectivity index (χ1v) is 17.9. The molecule has 0 radical (unpaired) electrons. The van der Waals surface area contributed by atoms with Crippen LogP contribution in [0, 0.1) is 3.57 Å². The molecule has 3 heterocycles. The normalized spacial score (nSPS) is 20.2. The Hall–Kier alpha value is -4.02. The van der Waals surface area contributed by atoms with Crippen molar-refractivity contribution in [1.29, 1.82) is 0 Å². The molecule has 4 aromatic carbocycles. The van der Waals surface area contributed by atoms with E-state index in [1.54, 1.807) is 6.08 Å². The number of thioether (sulfide) groups is 1. The van der Waals surface area contributed by atoms with E-state index in [1.165, 1.54) is 39.7 Å². The van der Waals surface area contributed by atoms with Crippen molar-refractivity contribution in [3.63, 3.8) is 0 Å². The van der Waals surface area contributed by atoms with Crippen LogP contribution in [0.1, 0.15) is 59.4 Å². The first-order valence-electron chi connectivity index (χ1n) is 16.0. The summed E-state index contributed by atoms with van der Waals surface area (Å²) in [6.45, 7) is 8.66. The average Bonchev–Trinajstić information content (AvgIpc) is 3.43. The Morgan fingerprint density at radius 2 is 1.60 bits per heavy atom. The van der Waals surface area contributed by atoms with E-state index in [0.29, 0.717) is 34.8 Å². The smallest absolute Gasteiger partial charge is 0.264 e. The highest BCUT2D eigenvalue weighted by Gasteiger charge is 2.35. The van der Waals surface area contributed by atoms with Gasteiger partial charge in [-0.1, -0.05) is 73.3 Å². The summed E-state index contributed by atoms with van der Waals surface area (Å²) in [5, 5.41) is 3.60. The van der Waals surface area contributed by atoms with Crippen molar-refractivity contribution in [2.45, 2.75) is 31.6 Å². The minimum Gasteiger partial charge on any atom is -0.490 e. The van der Waals surface area contributed by atoms with Crippen molar-refractivity contribution in [3.8, 4) is 11.5 Å². The van der Waals surface area contributed by atoms with E-state index in [2.05, 4.69) is 112 Å². The quantitative estimate of drug-likeness (QED) is 0.105. The molecule has 0 aromatic heterocycles. The van der Waals surface area contributed by atoms with Crippen molar-refractivity contribution >= 4 is 62.9 Å². The van der Waals surface area contributed by atoms with Crippen LogP contribution in [0.5, 0.6) is 11.5 Å². The molecule has 0 aliphatic carbocycles. The number of ether oxygens (including phenoxy) is 2. The lowest BCUT2D eigenvalue weighted by Gasteiger charge is -2.43. The molecule has 0 bridgehead atoms. The largest absolute Gasteiger partial charge is 0.490 e. The van der Waals surface area contributed by atoms with Crippen LogP contribution >= 0.6 is 34.4 Å². The summed E-state index contributed by atoms with van der Waals surface area (Å²) in [5.41, 5.74) is 8.39. The van der Waals surface area contributed by atoms with Gasteiger partial charge in [0.15, 0.2) is 16.7 Å². The molecule has 47 heavy (non-hydrogen) atoms. The van der Waals surface area contributed by atoms with Crippen molar-refractivity contribution in [2.24, 2.45) is 4.99 Å². The molecule has 1 saturated heterocycles. The first kappa shape index (κ1) is 31.6. The molecule has 4 aromatic rings. The monoisotopic (exact) mass is 753 g/mol. The first-order chi connectivity index (χ1) is 23.0. The number of carbonyl (C=O) groups excluding carboxylic acids is 1. The third-order valence-corrected chi connectivity index (χ3v) is 10.6. The van der Waals surface area contributed by atoms with E-state index in [9.17, 15) is 4.79 Å². The van der Waals surface area contributed by atoms with E-state index in [0.717, 1.165) is 40.8 Å². The lowest BCUT2D eigenvalue weighted by Crippen LogP contribution is -2.37. The van der Waals surface area contributed by atoms with Crippen molar-refractivity contribution < 1.29 is 14.3 Å². The number of carbonyl (C=O) groups is 1. The highest BCUT2D eigenvalue weighted by molar-refractivity contribution is 14.1. The minimum atomic E-state index is -0.163. The van der Waals surface area contributed by atoms with E-state index < -0.39 is 0 Å². The van der Waals surface area contributed by atoms with Gasteiger partial charge in [0.25, 0.3) is 5.91 Å². The maximum Gasteiger partial charge on any atom is 0.264 e. The van der Waals surface area contributed by atoms with Crippen LogP contribution in [-0.4, -0.2) is 37.4 Å². The molecule has 1 N–H and O–H groups in total. The second kappa shape index (κ2) is 14.0. The number of amides is 1. The molecule has 1 fully saturated rings. The molecule has 2 atom stereocenters. The molecule has 0 saturated carbocycles. The Kier molecular flexibility index (Phi) is 9.40. The lowest BCUT2D eigenvalue weighted by molar-refractivity contribution is -0.115. The van der Waals surface area contributed by atoms with Crippen LogP contribution in [0.15, 0.2) is 107 Å². The van der Waals surface area contributed by atoms with E-state index in [4.69, 9.17) is 14.5 Å². The zero-order valence-corrected chi connectivity index (χ0v) is 29.2. The molecule has 6 nitrogen and oxygen atoms in total. The summed E-state index contributed by atoms with van der Waals surface area (Å²) in [4.78, 5) is 21.4. The molecule has 3 aliphatic heterocycles. The third-order valence-electron chi connectivity index (χ3n) is 8.86. The molecule has 8 heteroatoms. The fourth-order valence-electron chi connectivity index (χ4n) is 6.87. The highest BCUT2D eigenvalue weighted by atomic mass is 127. The summed E-state index contributed by atoms with van der Waals surface area (Å²) in [5.74, 6) is 1.74. The van der Waals surface area contributed by atoms with Crippen LogP contribution in [-0.2, 0) is 4.79 Å². The molecular weight excluding hydrogens is 717 g/mol. The van der Waals surface area contributed by atoms with E-state index in [-0.39, 0.29) is 17.7 Å². The van der Waals surface area contributed by atoms with Gasteiger partial charge in [0.1, 0.15) is 6.61 Å². The summed E-state index contributed by atoms with van der Waals surface area (Å²) in [6, 6.07) is 30.0. The van der Waals surface area contributed by atoms with Gasteiger partial charge in [0.2, 0.25) is 0 Å². The maximum absolute atomic E-state index is 13.2. The summed E-state index contributed by atoms with van der Waals surface area (Å²) in [6.07, 6.45) is 5.71. The Labute approximate surface area is 294 Å². The van der Waals surface area contributed by atoms with Crippen LogP contribution in [0.2, 0.25) is 0 Å². The second-order valence-corrected chi connectivity index (χ2v) is 14.0. The maximum atomic E-state index is 13.2. The highest BCUT2D eigenvalue weighted by Crippen LogP contribution is 2.50. The van der Waals surface area contributed by atoms with Gasteiger partial charge in [0, 0.05) is 30.6 Å². The van der Waals surface area contributed by atoms with Gasteiger partial charge >= 0.3 is 0 Å². The molecule has 238 valence electrons. The number of nitrogens with zero attached hydrogens (tertiary/aromatic N) is 2. The number of hydrogen-bond donors (Lipinski definition) is 1. The zero-order chi connectivity index (χ0) is 32.3. The fourth-order valence-corrected chi connectivity index (χ4v) is 8.49. The second-order valence-electron chi connectivity index (χ2n) is 11.8. The molecule has 0 unspecified atom stereocenters. The molecule has 7 rings (SSSR count). The number of amidine groups is 1. The van der Waals surface area contributed by atoms with Gasteiger partial charge in [-0.3, -0.25) is 4.79 Å². The number of nitrogens with one attached hydrogen (secondary N) is 1. The SMILES string of the molecule is C=CCOc1c(I)cc(/C=C2\SC(=Nc3cc4c5c(c3)[C@@H](c3ccccc3)CCN5CC[C@@H]4c3ccccc3)NC2=O)cc1OCC. The Balaban J connectivity index is 1.26. The standard InChI is InChI=1S/C39H36IN3O3S/c1-3-19-46-37-33(40)20-25(21-34(37)45-4-2)22-35-38(44)42-39(47-35)41-28-23-31-29(26-11-7-5-8-12-26)15-17-43-18-16-30(32(24-28)36(31)43)27-13-9-6-10-14-27/h3,5-14,20-24,29-30H,1,4,15-19H2,2H3,(H,41,42,44)/b35-22-/t29-,30-/m1/s1. The zero-order valence-electron chi connectivity index (χ0n) is 26.2. The third kappa shape index (κ3) is 6.58. The molecule has 1 amide bonds. The summed E-state index contributed by atoms with van der Waals surface area (Å²) in [7, 11) is 0. The molecule has 0 spiro atoms. The minimum absolute atomic E-state index is 0.163. The van der Waals surface area contributed by atoms with Crippen molar-refractivity contribution in [3.05, 3.63) is 134 Å². The lowest BCUT2D eigenvalue weighted by atomic mass is 9.76. The predicted molar refractivity (Wildman–Crippen MR) is 201 cm³/mol. The Morgan fingerprint density at radius 1 is 0.957 bits per heavy atom. The van der Waals surface area contributed by atoms with Gasteiger partial charge in [-0.05, 0) is 112 Å². The van der Waals surface area contributed by atoms with Crippen LogP contribution in [0.25, 0.3) is 6.08 Å². The number of aliphatic imine (C=N–C) groups is 1. The van der Waals surface area contributed by atoms with Gasteiger partial charge in [-0.2, -0.15) is 0 Å². The van der Waals surface area contributed by atoms with Crippen LogP contribution in [0.3, 0.4) is 0 Å². The molecule has 3 aliphatic rings. The number of rotatable bonds is 9. The number of hydrogen-bond acceptors (Lipinski definition) is 6. The van der Waals surface area contributed by atoms with Crippen LogP contribution < -0.4 is 19.7 Å². The fraction of sp³-hybridized carbons (Fsp3) is 0.231. The van der Waals surface area contributed by atoms with Crippen LogP contribution in [0.4, 0.5) is 11.4 Å². The van der Waals surface area contributed by atoms with E-state index >= 15 is 0 Å². The van der Waals surface area contributed by atoms with Gasteiger partial charge in [-0.15, -0.1) is 0 Å². The molecular formula is C39H36IN3O3S. The summed E-state index contributed by atoms with van der Waals surface area (Å²) >= 11 is 3.60. The number of halogens is 1. The van der Waals surface area contributed by atoms with Gasteiger partial charge in [-0.25, -0.2) is 4.99 Å². The van der Waals surface area contributed by atoms with Gasteiger partial charge in [0.05, 0.1) is 20.8 Å². The average molecular weight is 754 g/mol. The summed E-state index contributed by atoms with van der Waals surface area (Å²) < 4.78 is 12.6. The van der Waals surface area contributed by atoms with Gasteiger partial charge < -0.3 is 19.7 Å². The number of benzene rings is 4. The number of anilines is 1. The predicted octanol–water partition coefficient (Wildman–Crippen LogP) is 9.02. The topological polar surface area (TPSA) is 63.2 Å². The van der Waals surface area contributed by atoms with Crippen molar-refractivity contribution in [2.75, 3.05) is 31.2 Å².